The minimum atomic E-state index is -0.345. The Morgan fingerprint density at radius 1 is 1.07 bits per heavy atom. The van der Waals surface area contributed by atoms with E-state index in [1.807, 2.05) is 7.11 Å². The van der Waals surface area contributed by atoms with Gasteiger partial charge in [-0.15, -0.1) is 24.8 Å². The highest BCUT2D eigenvalue weighted by Crippen LogP contribution is 2.37. The SMILES string of the molecule is COC1CCN(C2(CNC(=O)C3CCCCC3(C)N)CCCC2)CC1.Cl.Cl. The molecule has 3 aliphatic rings. The summed E-state index contributed by atoms with van der Waals surface area (Å²) in [5, 5.41) is 3.32. The van der Waals surface area contributed by atoms with Crippen LogP contribution in [0, 0.1) is 5.92 Å². The average molecular weight is 424 g/mol. The van der Waals surface area contributed by atoms with Crippen molar-refractivity contribution >= 4 is 30.7 Å². The molecule has 1 aliphatic heterocycles. The second-order valence-electron chi connectivity index (χ2n) is 8.88. The molecule has 0 aromatic carbocycles. The fourth-order valence-corrected chi connectivity index (χ4v) is 5.37. The van der Waals surface area contributed by atoms with E-state index in [9.17, 15) is 4.79 Å². The molecule has 3 N–H and O–H groups in total. The van der Waals surface area contributed by atoms with E-state index in [2.05, 4.69) is 17.1 Å². The van der Waals surface area contributed by atoms with Crippen molar-refractivity contribution in [1.29, 1.82) is 0 Å². The molecule has 2 aliphatic carbocycles. The van der Waals surface area contributed by atoms with E-state index < -0.39 is 0 Å². The lowest BCUT2D eigenvalue weighted by molar-refractivity contribution is -0.129. The Kier molecular flexibility index (Phi) is 9.83. The summed E-state index contributed by atoms with van der Waals surface area (Å²) >= 11 is 0. The summed E-state index contributed by atoms with van der Waals surface area (Å²) in [6.45, 7) is 5.02. The van der Waals surface area contributed by atoms with Gasteiger partial charge in [-0.1, -0.05) is 25.7 Å². The zero-order valence-electron chi connectivity index (χ0n) is 17.0. The smallest absolute Gasteiger partial charge is 0.225 e. The predicted molar refractivity (Wildman–Crippen MR) is 115 cm³/mol. The first-order valence-corrected chi connectivity index (χ1v) is 10.3. The lowest BCUT2D eigenvalue weighted by Crippen LogP contribution is -2.59. The number of ether oxygens (including phenoxy) is 1. The van der Waals surface area contributed by atoms with Crippen LogP contribution in [0.5, 0.6) is 0 Å². The number of hydrogen-bond donors (Lipinski definition) is 2. The number of nitrogens with zero attached hydrogens (tertiary/aromatic N) is 1. The second-order valence-corrected chi connectivity index (χ2v) is 8.88. The average Bonchev–Trinajstić information content (AvgIpc) is 3.09. The van der Waals surface area contributed by atoms with E-state index in [1.54, 1.807) is 0 Å². The summed E-state index contributed by atoms with van der Waals surface area (Å²) in [5.74, 6) is 0.154. The van der Waals surface area contributed by atoms with Crippen molar-refractivity contribution in [2.75, 3.05) is 26.7 Å². The van der Waals surface area contributed by atoms with Crippen molar-refractivity contribution in [3.63, 3.8) is 0 Å². The van der Waals surface area contributed by atoms with Gasteiger partial charge < -0.3 is 15.8 Å². The molecule has 160 valence electrons. The van der Waals surface area contributed by atoms with Gasteiger partial charge in [-0.3, -0.25) is 9.69 Å². The van der Waals surface area contributed by atoms with E-state index in [0.717, 1.165) is 58.2 Å². The summed E-state index contributed by atoms with van der Waals surface area (Å²) in [5.41, 5.74) is 6.24. The molecular formula is C20H39Cl2N3O2. The molecular weight excluding hydrogens is 385 g/mol. The Morgan fingerprint density at radius 2 is 1.67 bits per heavy atom. The number of carbonyl (C=O) groups is 1. The normalized spacial score (nSPS) is 31.6. The zero-order valence-corrected chi connectivity index (χ0v) is 18.6. The monoisotopic (exact) mass is 423 g/mol. The number of amides is 1. The van der Waals surface area contributed by atoms with Crippen molar-refractivity contribution in [3.05, 3.63) is 0 Å². The van der Waals surface area contributed by atoms with Crippen LogP contribution in [0.2, 0.25) is 0 Å². The highest BCUT2D eigenvalue weighted by molar-refractivity contribution is 5.85. The Balaban J connectivity index is 0.00000182. The molecule has 2 unspecified atom stereocenters. The summed E-state index contributed by atoms with van der Waals surface area (Å²) < 4.78 is 5.53. The summed E-state index contributed by atoms with van der Waals surface area (Å²) in [4.78, 5) is 15.5. The first kappa shape index (κ1) is 25.0. The number of halogens is 2. The van der Waals surface area contributed by atoms with E-state index in [-0.39, 0.29) is 47.7 Å². The minimum absolute atomic E-state index is 0. The molecule has 7 heteroatoms. The number of rotatable bonds is 5. The van der Waals surface area contributed by atoms with Crippen LogP contribution in [0.4, 0.5) is 0 Å². The Bertz CT molecular complexity index is 462. The lowest BCUT2D eigenvalue weighted by Gasteiger charge is -2.45. The fourth-order valence-electron chi connectivity index (χ4n) is 5.37. The van der Waals surface area contributed by atoms with Gasteiger partial charge in [0.2, 0.25) is 5.91 Å². The molecule has 2 atom stereocenters. The molecule has 0 bridgehead atoms. The van der Waals surface area contributed by atoms with Gasteiger partial charge in [-0.05, 0) is 45.4 Å². The first-order valence-electron chi connectivity index (χ1n) is 10.3. The van der Waals surface area contributed by atoms with Crippen molar-refractivity contribution < 1.29 is 9.53 Å². The van der Waals surface area contributed by atoms with Crippen LogP contribution < -0.4 is 11.1 Å². The quantitative estimate of drug-likeness (QED) is 0.711. The van der Waals surface area contributed by atoms with Crippen LogP contribution in [0.25, 0.3) is 0 Å². The second kappa shape index (κ2) is 10.6. The molecule has 3 fully saturated rings. The molecule has 3 rings (SSSR count). The lowest BCUT2D eigenvalue weighted by atomic mass is 9.74. The Hall–Kier alpha value is -0.0700. The molecule has 0 aromatic heterocycles. The largest absolute Gasteiger partial charge is 0.381 e. The highest BCUT2D eigenvalue weighted by atomic mass is 35.5. The van der Waals surface area contributed by atoms with E-state index in [1.165, 1.54) is 25.7 Å². The fraction of sp³-hybridized carbons (Fsp3) is 0.950. The van der Waals surface area contributed by atoms with Gasteiger partial charge >= 0.3 is 0 Å². The van der Waals surface area contributed by atoms with Crippen molar-refractivity contribution in [2.24, 2.45) is 11.7 Å². The number of nitrogens with one attached hydrogen (secondary N) is 1. The maximum atomic E-state index is 12.9. The minimum Gasteiger partial charge on any atom is -0.381 e. The maximum absolute atomic E-state index is 12.9. The third-order valence-corrected chi connectivity index (χ3v) is 7.14. The molecule has 1 saturated heterocycles. The number of nitrogens with two attached hydrogens (primary N) is 1. The van der Waals surface area contributed by atoms with Crippen LogP contribution >= 0.6 is 24.8 Å². The zero-order chi connectivity index (χ0) is 17.9. The maximum Gasteiger partial charge on any atom is 0.225 e. The van der Waals surface area contributed by atoms with Crippen LogP contribution in [0.3, 0.4) is 0 Å². The predicted octanol–water partition coefficient (Wildman–Crippen LogP) is 3.28. The van der Waals surface area contributed by atoms with E-state index in [0.29, 0.717) is 6.10 Å². The van der Waals surface area contributed by atoms with Gasteiger partial charge in [0.15, 0.2) is 0 Å². The van der Waals surface area contributed by atoms with E-state index in [4.69, 9.17) is 10.5 Å². The van der Waals surface area contributed by atoms with Crippen molar-refractivity contribution in [3.8, 4) is 0 Å². The third-order valence-electron chi connectivity index (χ3n) is 7.14. The number of likely N-dealkylation sites (tertiary alicyclic amines) is 1. The van der Waals surface area contributed by atoms with Crippen LogP contribution in [-0.4, -0.2) is 54.7 Å². The number of carbonyl (C=O) groups excluding carboxylic acids is 1. The van der Waals surface area contributed by atoms with Gasteiger partial charge in [-0.2, -0.15) is 0 Å². The molecule has 27 heavy (non-hydrogen) atoms. The molecule has 0 spiro atoms. The molecule has 0 aromatic rings. The first-order chi connectivity index (χ1) is 12.0. The molecule has 5 nitrogen and oxygen atoms in total. The van der Waals surface area contributed by atoms with Crippen molar-refractivity contribution in [2.45, 2.75) is 88.3 Å². The van der Waals surface area contributed by atoms with Crippen LogP contribution in [-0.2, 0) is 9.53 Å². The Labute approximate surface area is 177 Å². The summed E-state index contributed by atoms with van der Waals surface area (Å²) in [7, 11) is 1.82. The molecule has 1 amide bonds. The summed E-state index contributed by atoms with van der Waals surface area (Å²) in [6.07, 6.45) is 11.7. The number of hydrogen-bond acceptors (Lipinski definition) is 4. The van der Waals surface area contributed by atoms with Gasteiger partial charge in [0.25, 0.3) is 0 Å². The third kappa shape index (κ3) is 5.72. The van der Waals surface area contributed by atoms with Crippen molar-refractivity contribution in [1.82, 2.24) is 10.2 Å². The van der Waals surface area contributed by atoms with Gasteiger partial charge in [-0.25, -0.2) is 0 Å². The van der Waals surface area contributed by atoms with E-state index >= 15 is 0 Å². The molecule has 0 radical (unpaired) electrons. The topological polar surface area (TPSA) is 67.6 Å². The number of methoxy groups -OCH3 is 1. The van der Waals surface area contributed by atoms with Crippen LogP contribution in [0.1, 0.15) is 71.1 Å². The van der Waals surface area contributed by atoms with Crippen LogP contribution in [0.15, 0.2) is 0 Å². The highest BCUT2D eigenvalue weighted by Gasteiger charge is 2.43. The Morgan fingerprint density at radius 3 is 2.22 bits per heavy atom. The molecule has 2 saturated carbocycles. The standard InChI is InChI=1S/C20H37N3O2.2ClH/c1-19(21)10-4-3-7-17(19)18(24)22-15-20(11-5-6-12-20)23-13-8-16(25-2)9-14-23;;/h16-17H,3-15,21H2,1-2H3,(H,22,24);2*1H. The van der Waals surface area contributed by atoms with Gasteiger partial charge in [0.1, 0.15) is 0 Å². The van der Waals surface area contributed by atoms with Gasteiger partial charge in [0.05, 0.1) is 12.0 Å². The molecule has 1 heterocycles. The number of piperidine rings is 1. The van der Waals surface area contributed by atoms with Gasteiger partial charge in [0, 0.05) is 37.8 Å². The summed E-state index contributed by atoms with van der Waals surface area (Å²) in [6, 6.07) is 0.